The van der Waals surface area contributed by atoms with Gasteiger partial charge in [0.1, 0.15) is 0 Å². The van der Waals surface area contributed by atoms with E-state index >= 15 is 0 Å². The molecule has 0 amide bonds. The van der Waals surface area contributed by atoms with Crippen molar-refractivity contribution in [1.82, 2.24) is 0 Å². The Morgan fingerprint density at radius 1 is 1.07 bits per heavy atom. The Morgan fingerprint density at radius 3 is 2.13 bits per heavy atom. The van der Waals surface area contributed by atoms with Crippen LogP contribution in [0.4, 0.5) is 0 Å². The van der Waals surface area contributed by atoms with E-state index in [1.54, 1.807) is 0 Å². The molecule has 88 valence electrons. The van der Waals surface area contributed by atoms with E-state index in [0.717, 1.165) is 44.4 Å². The van der Waals surface area contributed by atoms with Crippen molar-refractivity contribution in [3.05, 3.63) is 0 Å². The van der Waals surface area contributed by atoms with Gasteiger partial charge >= 0.3 is 0 Å². The molecule has 1 unspecified atom stereocenters. The summed E-state index contributed by atoms with van der Waals surface area (Å²) in [5.41, 5.74) is -0.745. The van der Waals surface area contributed by atoms with Crippen molar-refractivity contribution in [3.63, 3.8) is 0 Å². The highest BCUT2D eigenvalue weighted by Crippen LogP contribution is 2.40. The fourth-order valence-electron chi connectivity index (χ4n) is 3.32. The highest BCUT2D eigenvalue weighted by molar-refractivity contribution is 4.95. The first-order chi connectivity index (χ1) is 7.12. The monoisotopic (exact) mass is 212 g/mol. The molecule has 2 N–H and O–H groups in total. The van der Waals surface area contributed by atoms with Crippen LogP contribution < -0.4 is 0 Å². The van der Waals surface area contributed by atoms with E-state index in [2.05, 4.69) is 6.92 Å². The summed E-state index contributed by atoms with van der Waals surface area (Å²) in [6.45, 7) is 2.28. The summed E-state index contributed by atoms with van der Waals surface area (Å²) in [6.07, 6.45) is 7.95. The van der Waals surface area contributed by atoms with Gasteiger partial charge in [-0.05, 0) is 37.5 Å². The van der Waals surface area contributed by atoms with E-state index in [4.69, 9.17) is 0 Å². The zero-order valence-corrected chi connectivity index (χ0v) is 9.78. The van der Waals surface area contributed by atoms with Crippen molar-refractivity contribution < 1.29 is 10.2 Å². The molecule has 2 saturated carbocycles. The fraction of sp³-hybridized carbons (Fsp3) is 1.00. The first kappa shape index (κ1) is 11.4. The molecule has 0 saturated heterocycles. The minimum absolute atomic E-state index is 0.351. The summed E-state index contributed by atoms with van der Waals surface area (Å²) in [7, 11) is 0. The third-order valence-corrected chi connectivity index (χ3v) is 4.53. The van der Waals surface area contributed by atoms with Crippen LogP contribution >= 0.6 is 0 Å². The van der Waals surface area contributed by atoms with E-state index < -0.39 is 11.7 Å². The predicted molar refractivity (Wildman–Crippen MR) is 60.5 cm³/mol. The topological polar surface area (TPSA) is 40.5 Å². The van der Waals surface area contributed by atoms with Gasteiger partial charge in [-0.15, -0.1) is 0 Å². The molecule has 2 aliphatic carbocycles. The van der Waals surface area contributed by atoms with Crippen molar-refractivity contribution in [1.29, 1.82) is 0 Å². The van der Waals surface area contributed by atoms with Crippen molar-refractivity contribution in [3.8, 4) is 0 Å². The molecule has 0 aromatic rings. The molecule has 0 aliphatic heterocycles. The van der Waals surface area contributed by atoms with Gasteiger partial charge in [0.15, 0.2) is 0 Å². The lowest BCUT2D eigenvalue weighted by atomic mass is 9.75. The van der Waals surface area contributed by atoms with Gasteiger partial charge in [-0.25, -0.2) is 0 Å². The summed E-state index contributed by atoms with van der Waals surface area (Å²) >= 11 is 0. The third-order valence-electron chi connectivity index (χ3n) is 4.53. The number of hydrogen-bond donors (Lipinski definition) is 2. The van der Waals surface area contributed by atoms with Gasteiger partial charge in [0.05, 0.1) is 11.7 Å². The number of aliphatic hydroxyl groups excluding tert-OH is 1. The lowest BCUT2D eigenvalue weighted by Crippen LogP contribution is -2.45. The van der Waals surface area contributed by atoms with E-state index in [1.807, 2.05) is 0 Å². The third kappa shape index (κ3) is 2.36. The van der Waals surface area contributed by atoms with Gasteiger partial charge in [0.25, 0.3) is 0 Å². The number of rotatable bonds is 2. The molecule has 1 atom stereocenters. The Bertz CT molecular complexity index is 201. The average Bonchev–Trinajstić information content (AvgIpc) is 2.67. The minimum Gasteiger partial charge on any atom is -0.390 e. The molecule has 2 heteroatoms. The first-order valence-electron chi connectivity index (χ1n) is 6.52. The van der Waals surface area contributed by atoms with Gasteiger partial charge in [-0.2, -0.15) is 0 Å². The second kappa shape index (κ2) is 4.42. The maximum Gasteiger partial charge on any atom is 0.0908 e. The highest BCUT2D eigenvalue weighted by atomic mass is 16.3. The fourth-order valence-corrected chi connectivity index (χ4v) is 3.32. The van der Waals surface area contributed by atoms with E-state index in [1.165, 1.54) is 12.8 Å². The minimum atomic E-state index is -0.745. The highest BCUT2D eigenvalue weighted by Gasteiger charge is 2.42. The second-order valence-corrected chi connectivity index (χ2v) is 5.78. The van der Waals surface area contributed by atoms with Gasteiger partial charge in [-0.3, -0.25) is 0 Å². The smallest absolute Gasteiger partial charge is 0.0908 e. The van der Waals surface area contributed by atoms with Crippen LogP contribution in [0.2, 0.25) is 0 Å². The standard InChI is InChI=1S/C13H24O2/c1-10-4-6-11(7-5-10)12(14)13(15)8-2-3-9-13/h10-12,14-15H,2-9H2,1H3. The van der Waals surface area contributed by atoms with Crippen LogP contribution in [-0.2, 0) is 0 Å². The van der Waals surface area contributed by atoms with Crippen LogP contribution in [0.15, 0.2) is 0 Å². The molecule has 0 aromatic heterocycles. The molecule has 0 aromatic carbocycles. The summed E-state index contributed by atoms with van der Waals surface area (Å²) < 4.78 is 0. The van der Waals surface area contributed by atoms with Gasteiger partial charge in [-0.1, -0.05) is 32.6 Å². The second-order valence-electron chi connectivity index (χ2n) is 5.78. The summed E-state index contributed by atoms with van der Waals surface area (Å²) in [4.78, 5) is 0. The van der Waals surface area contributed by atoms with Crippen LogP contribution in [0.1, 0.15) is 58.3 Å². The Hall–Kier alpha value is -0.0800. The molecule has 2 fully saturated rings. The molecule has 0 spiro atoms. The van der Waals surface area contributed by atoms with E-state index in [0.29, 0.717) is 5.92 Å². The average molecular weight is 212 g/mol. The van der Waals surface area contributed by atoms with Crippen molar-refractivity contribution in [2.75, 3.05) is 0 Å². The Labute approximate surface area is 92.7 Å². The number of aliphatic hydroxyl groups is 2. The summed E-state index contributed by atoms with van der Waals surface area (Å²) in [6, 6.07) is 0. The zero-order chi connectivity index (χ0) is 10.9. The van der Waals surface area contributed by atoms with Crippen molar-refractivity contribution in [2.24, 2.45) is 11.8 Å². The molecular formula is C13H24O2. The van der Waals surface area contributed by atoms with Crippen LogP contribution in [0.3, 0.4) is 0 Å². The van der Waals surface area contributed by atoms with Gasteiger partial charge < -0.3 is 10.2 Å². The van der Waals surface area contributed by atoms with Crippen molar-refractivity contribution >= 4 is 0 Å². The first-order valence-corrected chi connectivity index (χ1v) is 6.52. The quantitative estimate of drug-likeness (QED) is 0.738. The van der Waals surface area contributed by atoms with Crippen LogP contribution in [-0.4, -0.2) is 21.9 Å². The molecule has 2 aliphatic rings. The van der Waals surface area contributed by atoms with Gasteiger partial charge in [0.2, 0.25) is 0 Å². The zero-order valence-electron chi connectivity index (χ0n) is 9.78. The molecular weight excluding hydrogens is 188 g/mol. The summed E-state index contributed by atoms with van der Waals surface area (Å²) in [5.74, 6) is 1.16. The van der Waals surface area contributed by atoms with Gasteiger partial charge in [0, 0.05) is 0 Å². The van der Waals surface area contributed by atoms with E-state index in [-0.39, 0.29) is 0 Å². The lowest BCUT2D eigenvalue weighted by molar-refractivity contribution is -0.104. The number of hydrogen-bond acceptors (Lipinski definition) is 2. The van der Waals surface area contributed by atoms with E-state index in [9.17, 15) is 10.2 Å². The molecule has 2 rings (SSSR count). The molecule has 15 heavy (non-hydrogen) atoms. The summed E-state index contributed by atoms with van der Waals surface area (Å²) in [5, 5.41) is 20.6. The Kier molecular flexibility index (Phi) is 3.36. The normalized spacial score (nSPS) is 37.8. The SMILES string of the molecule is CC1CCC(C(O)C2(O)CCCC2)CC1. The van der Waals surface area contributed by atoms with Crippen LogP contribution in [0, 0.1) is 11.8 Å². The largest absolute Gasteiger partial charge is 0.390 e. The molecule has 0 bridgehead atoms. The van der Waals surface area contributed by atoms with Crippen LogP contribution in [0.5, 0.6) is 0 Å². The van der Waals surface area contributed by atoms with Crippen molar-refractivity contribution in [2.45, 2.75) is 70.0 Å². The maximum absolute atomic E-state index is 10.3. The Balaban J connectivity index is 1.92. The lowest BCUT2D eigenvalue weighted by Gasteiger charge is -2.37. The van der Waals surface area contributed by atoms with Crippen LogP contribution in [0.25, 0.3) is 0 Å². The molecule has 2 nitrogen and oxygen atoms in total. The molecule has 0 radical (unpaired) electrons. The maximum atomic E-state index is 10.3. The molecule has 0 heterocycles. The Morgan fingerprint density at radius 2 is 1.60 bits per heavy atom. The predicted octanol–water partition coefficient (Wildman–Crippen LogP) is 2.48.